The number of benzene rings is 2. The van der Waals surface area contributed by atoms with Crippen LogP contribution in [0.15, 0.2) is 77.2 Å². The molecule has 0 amide bonds. The number of thiazole rings is 1. The zero-order chi connectivity index (χ0) is 21.1. The van der Waals surface area contributed by atoms with Crippen LogP contribution in [0.4, 0.5) is 5.82 Å². The van der Waals surface area contributed by atoms with Gasteiger partial charge in [-0.15, -0.1) is 11.3 Å². The predicted octanol–water partition coefficient (Wildman–Crippen LogP) is 6.33. The van der Waals surface area contributed by atoms with Gasteiger partial charge in [0.25, 0.3) is 0 Å². The van der Waals surface area contributed by atoms with Crippen LogP contribution in [0.1, 0.15) is 23.0 Å². The minimum absolute atomic E-state index is 0.0129. The number of rotatable bonds is 6. The largest absolute Gasteiger partial charge is 0.476 e. The monoisotopic (exact) mass is 413 g/mol. The first-order chi connectivity index (χ1) is 14.6. The van der Waals surface area contributed by atoms with Gasteiger partial charge in [-0.25, -0.2) is 14.8 Å². The molecule has 30 heavy (non-hydrogen) atoms. The summed E-state index contributed by atoms with van der Waals surface area (Å²) in [5, 5.41) is 11.3. The molecule has 2 heterocycles. The number of carboxylic acids is 1. The topological polar surface area (TPSA) is 67.5 Å². The summed E-state index contributed by atoms with van der Waals surface area (Å²) < 4.78 is 1.80. The average Bonchev–Trinajstić information content (AvgIpc) is 3.40. The molecule has 2 aromatic heterocycles. The molecule has 1 N–H and O–H groups in total. The van der Waals surface area contributed by atoms with Crippen molar-refractivity contribution in [1.29, 1.82) is 0 Å². The molecule has 6 heteroatoms. The highest BCUT2D eigenvalue weighted by atomic mass is 32.1. The molecule has 4 aromatic rings. The molecule has 0 atom stereocenters. The standard InChI is InChI=1S/C24H19N3O2S/c1-3-8-19-20(18-12-7-11-17(13-18)16-9-5-4-6-10-16)14-27(22(19)25-2)24-26-21(15-30-24)23(28)29/h3-15H,2H2,1H3,(H,28,29)/b8-3-. The minimum atomic E-state index is -1.05. The van der Waals surface area contributed by atoms with Crippen molar-refractivity contribution >= 4 is 35.9 Å². The third kappa shape index (κ3) is 3.60. The quantitative estimate of drug-likeness (QED) is 0.376. The predicted molar refractivity (Wildman–Crippen MR) is 123 cm³/mol. The third-order valence-electron chi connectivity index (χ3n) is 4.70. The second kappa shape index (κ2) is 8.31. The van der Waals surface area contributed by atoms with E-state index in [-0.39, 0.29) is 5.69 Å². The van der Waals surface area contributed by atoms with E-state index in [1.165, 1.54) is 16.7 Å². The van der Waals surface area contributed by atoms with Gasteiger partial charge in [-0.1, -0.05) is 60.7 Å². The van der Waals surface area contributed by atoms with Crippen LogP contribution in [0, 0.1) is 0 Å². The molecule has 0 saturated heterocycles. The van der Waals surface area contributed by atoms with Crippen molar-refractivity contribution in [3.05, 3.63) is 83.5 Å². The van der Waals surface area contributed by atoms with Gasteiger partial charge in [0, 0.05) is 22.7 Å². The van der Waals surface area contributed by atoms with Gasteiger partial charge in [-0.2, -0.15) is 0 Å². The van der Waals surface area contributed by atoms with Crippen LogP contribution in [0.25, 0.3) is 33.5 Å². The van der Waals surface area contributed by atoms with Crippen LogP contribution in [-0.4, -0.2) is 27.3 Å². The van der Waals surface area contributed by atoms with Gasteiger partial charge in [0.05, 0.1) is 0 Å². The number of hydrogen-bond acceptors (Lipinski definition) is 4. The number of carboxylic acid groups (broad SMARTS) is 1. The summed E-state index contributed by atoms with van der Waals surface area (Å²) in [7, 11) is 0. The molecule has 0 bridgehead atoms. The normalized spacial score (nSPS) is 11.1. The number of nitrogens with zero attached hydrogens (tertiary/aromatic N) is 3. The zero-order valence-electron chi connectivity index (χ0n) is 16.3. The number of allylic oxidation sites excluding steroid dienone is 1. The molecular weight excluding hydrogens is 394 g/mol. The van der Waals surface area contributed by atoms with Crippen LogP contribution in [0.5, 0.6) is 0 Å². The molecule has 0 aliphatic rings. The first kappa shape index (κ1) is 19.5. The van der Waals surface area contributed by atoms with Crippen molar-refractivity contribution in [2.75, 3.05) is 0 Å². The first-order valence-corrected chi connectivity index (χ1v) is 10.2. The molecule has 5 nitrogen and oxygen atoms in total. The number of aromatic carboxylic acids is 1. The molecule has 0 fully saturated rings. The number of aromatic nitrogens is 2. The van der Waals surface area contributed by atoms with E-state index in [0.717, 1.165) is 27.8 Å². The second-order valence-corrected chi connectivity index (χ2v) is 7.41. The van der Waals surface area contributed by atoms with E-state index >= 15 is 0 Å². The van der Waals surface area contributed by atoms with Crippen molar-refractivity contribution in [3.8, 4) is 27.4 Å². The Morgan fingerprint density at radius 3 is 2.53 bits per heavy atom. The lowest BCUT2D eigenvalue weighted by Gasteiger charge is -2.06. The number of aliphatic imine (C=N–C) groups is 1. The Balaban J connectivity index is 1.89. The number of carbonyl (C=O) groups is 1. The summed E-state index contributed by atoms with van der Waals surface area (Å²) in [5.41, 5.74) is 5.18. The van der Waals surface area contributed by atoms with Crippen LogP contribution >= 0.6 is 11.3 Å². The molecule has 0 spiro atoms. The maximum Gasteiger partial charge on any atom is 0.355 e. The summed E-state index contributed by atoms with van der Waals surface area (Å²) >= 11 is 1.25. The summed E-state index contributed by atoms with van der Waals surface area (Å²) in [6, 6.07) is 18.5. The fraction of sp³-hybridized carbons (Fsp3) is 0.0417. The molecule has 148 valence electrons. The number of hydrogen-bond donors (Lipinski definition) is 1. The Bertz CT molecular complexity index is 1250. The van der Waals surface area contributed by atoms with Crippen LogP contribution in [0.2, 0.25) is 0 Å². The van der Waals surface area contributed by atoms with Gasteiger partial charge < -0.3 is 5.11 Å². The van der Waals surface area contributed by atoms with E-state index in [9.17, 15) is 9.90 Å². The highest BCUT2D eigenvalue weighted by Crippen LogP contribution is 2.38. The van der Waals surface area contributed by atoms with Crippen molar-refractivity contribution < 1.29 is 9.90 Å². The van der Waals surface area contributed by atoms with Crippen LogP contribution in [-0.2, 0) is 0 Å². The average molecular weight is 414 g/mol. The summed E-state index contributed by atoms with van der Waals surface area (Å²) in [6.07, 6.45) is 5.87. The van der Waals surface area contributed by atoms with Crippen molar-refractivity contribution in [2.24, 2.45) is 4.99 Å². The molecule has 0 unspecified atom stereocenters. The van der Waals surface area contributed by atoms with Crippen molar-refractivity contribution in [3.63, 3.8) is 0 Å². The Hall–Kier alpha value is -3.77. The Morgan fingerprint density at radius 2 is 1.87 bits per heavy atom. The Kier molecular flexibility index (Phi) is 5.41. The fourth-order valence-electron chi connectivity index (χ4n) is 3.35. The SMILES string of the molecule is C=Nc1c(/C=C\C)c(-c2cccc(-c3ccccc3)c2)cn1-c1nc(C(=O)O)cs1. The summed E-state index contributed by atoms with van der Waals surface area (Å²) in [6.45, 7) is 5.67. The van der Waals surface area contributed by atoms with E-state index in [0.29, 0.717) is 10.9 Å². The lowest BCUT2D eigenvalue weighted by molar-refractivity contribution is 0.0691. The van der Waals surface area contributed by atoms with Crippen LogP contribution in [0.3, 0.4) is 0 Å². The minimum Gasteiger partial charge on any atom is -0.476 e. The van der Waals surface area contributed by atoms with Gasteiger partial charge >= 0.3 is 5.97 Å². The lowest BCUT2D eigenvalue weighted by Crippen LogP contribution is -1.98. The van der Waals surface area contributed by atoms with Crippen LogP contribution < -0.4 is 0 Å². The van der Waals surface area contributed by atoms with E-state index in [1.54, 1.807) is 4.57 Å². The van der Waals surface area contributed by atoms with E-state index in [2.05, 4.69) is 47.0 Å². The van der Waals surface area contributed by atoms with E-state index in [4.69, 9.17) is 0 Å². The molecule has 0 aliphatic carbocycles. The van der Waals surface area contributed by atoms with E-state index in [1.807, 2.05) is 49.5 Å². The highest BCUT2D eigenvalue weighted by Gasteiger charge is 2.19. The van der Waals surface area contributed by atoms with Crippen molar-refractivity contribution in [2.45, 2.75) is 6.92 Å². The maximum atomic E-state index is 11.3. The lowest BCUT2D eigenvalue weighted by atomic mass is 9.98. The zero-order valence-corrected chi connectivity index (χ0v) is 17.1. The molecule has 0 saturated carbocycles. The molecular formula is C24H19N3O2S. The fourth-order valence-corrected chi connectivity index (χ4v) is 4.12. The summed E-state index contributed by atoms with van der Waals surface area (Å²) in [5.74, 6) is -0.429. The van der Waals surface area contributed by atoms with Gasteiger partial charge in [-0.3, -0.25) is 4.57 Å². The molecule has 2 aromatic carbocycles. The Labute approximate surface area is 178 Å². The smallest absolute Gasteiger partial charge is 0.355 e. The van der Waals surface area contributed by atoms with Gasteiger partial charge in [0.2, 0.25) is 0 Å². The van der Waals surface area contributed by atoms with Gasteiger partial charge in [0.15, 0.2) is 10.8 Å². The second-order valence-electron chi connectivity index (χ2n) is 6.58. The van der Waals surface area contributed by atoms with E-state index < -0.39 is 5.97 Å². The van der Waals surface area contributed by atoms with Gasteiger partial charge in [0.1, 0.15) is 5.82 Å². The Morgan fingerprint density at radius 1 is 1.13 bits per heavy atom. The van der Waals surface area contributed by atoms with Gasteiger partial charge in [-0.05, 0) is 36.4 Å². The first-order valence-electron chi connectivity index (χ1n) is 9.32. The molecule has 4 rings (SSSR count). The van der Waals surface area contributed by atoms with Crippen molar-refractivity contribution in [1.82, 2.24) is 9.55 Å². The highest BCUT2D eigenvalue weighted by molar-refractivity contribution is 7.12. The molecule has 0 aliphatic heterocycles. The maximum absolute atomic E-state index is 11.3. The summed E-state index contributed by atoms with van der Waals surface area (Å²) in [4.78, 5) is 19.7. The molecule has 0 radical (unpaired) electrons. The third-order valence-corrected chi connectivity index (χ3v) is 5.54.